The van der Waals surface area contributed by atoms with Crippen molar-refractivity contribution in [3.63, 3.8) is 0 Å². The summed E-state index contributed by atoms with van der Waals surface area (Å²) in [6, 6.07) is 4.78. The van der Waals surface area contributed by atoms with Crippen molar-refractivity contribution < 1.29 is 4.79 Å². The Morgan fingerprint density at radius 2 is 1.85 bits per heavy atom. The van der Waals surface area contributed by atoms with Gasteiger partial charge in [-0.2, -0.15) is 0 Å². The van der Waals surface area contributed by atoms with E-state index < -0.39 is 0 Å². The van der Waals surface area contributed by atoms with Crippen molar-refractivity contribution in [1.29, 1.82) is 0 Å². The molecule has 1 amide bonds. The van der Waals surface area contributed by atoms with E-state index in [2.05, 4.69) is 4.98 Å². The van der Waals surface area contributed by atoms with E-state index >= 15 is 0 Å². The Morgan fingerprint density at radius 3 is 2.55 bits per heavy atom. The highest BCUT2D eigenvalue weighted by Crippen LogP contribution is 2.42. The molecule has 2 heterocycles. The van der Waals surface area contributed by atoms with Gasteiger partial charge >= 0.3 is 0 Å². The molecule has 0 aromatic carbocycles. The molecular weight excluding hydrogens is 252 g/mol. The fourth-order valence-electron chi connectivity index (χ4n) is 3.74. The number of pyridine rings is 1. The van der Waals surface area contributed by atoms with Crippen LogP contribution in [0.4, 0.5) is 0 Å². The van der Waals surface area contributed by atoms with Crippen LogP contribution in [-0.4, -0.2) is 28.9 Å². The number of carbonyl (C=O) groups excluding carboxylic acids is 1. The highest BCUT2D eigenvalue weighted by molar-refractivity contribution is 5.92. The van der Waals surface area contributed by atoms with Crippen molar-refractivity contribution in [3.8, 4) is 0 Å². The summed E-state index contributed by atoms with van der Waals surface area (Å²) in [5, 5.41) is 0. The highest BCUT2D eigenvalue weighted by atomic mass is 16.2. The predicted octanol–water partition coefficient (Wildman–Crippen LogP) is 2.56. The third kappa shape index (κ3) is 2.65. The molecule has 1 N–H and O–H groups in total. The molecule has 1 saturated carbocycles. The van der Waals surface area contributed by atoms with Crippen LogP contribution in [0, 0.1) is 5.41 Å². The number of hydrogen-bond acceptors (Lipinski definition) is 2. The van der Waals surface area contributed by atoms with Gasteiger partial charge < -0.3 is 9.88 Å². The van der Waals surface area contributed by atoms with E-state index in [1.807, 2.05) is 4.90 Å². The molecule has 1 aliphatic heterocycles. The summed E-state index contributed by atoms with van der Waals surface area (Å²) in [7, 11) is 0. The van der Waals surface area contributed by atoms with E-state index in [-0.39, 0.29) is 11.5 Å². The van der Waals surface area contributed by atoms with Gasteiger partial charge in [-0.15, -0.1) is 0 Å². The minimum atomic E-state index is -0.209. The van der Waals surface area contributed by atoms with Crippen LogP contribution in [0.2, 0.25) is 0 Å². The summed E-state index contributed by atoms with van der Waals surface area (Å²) >= 11 is 0. The minimum absolute atomic E-state index is 0.0242. The lowest BCUT2D eigenvalue weighted by molar-refractivity contribution is 0.0761. The van der Waals surface area contributed by atoms with Crippen molar-refractivity contribution >= 4 is 5.91 Å². The van der Waals surface area contributed by atoms with Gasteiger partial charge in [0, 0.05) is 19.2 Å². The lowest BCUT2D eigenvalue weighted by atomic mass is 9.80. The van der Waals surface area contributed by atoms with Gasteiger partial charge in [-0.05, 0) is 30.7 Å². The number of nitrogens with zero attached hydrogens (tertiary/aromatic N) is 1. The fourth-order valence-corrected chi connectivity index (χ4v) is 3.74. The summed E-state index contributed by atoms with van der Waals surface area (Å²) in [4.78, 5) is 28.4. The molecule has 1 aromatic heterocycles. The number of rotatable bonds is 1. The van der Waals surface area contributed by atoms with Crippen molar-refractivity contribution in [3.05, 3.63) is 34.2 Å². The zero-order chi connectivity index (χ0) is 14.0. The molecule has 2 aliphatic rings. The lowest BCUT2D eigenvalue weighted by Gasteiger charge is -2.27. The molecule has 0 bridgehead atoms. The predicted molar refractivity (Wildman–Crippen MR) is 77.7 cm³/mol. The molecular formula is C16H22N2O2. The van der Waals surface area contributed by atoms with Crippen LogP contribution in [0.3, 0.4) is 0 Å². The Bertz CT molecular complexity index is 541. The number of hydrogen-bond donors (Lipinski definition) is 1. The summed E-state index contributed by atoms with van der Waals surface area (Å²) < 4.78 is 0. The molecule has 0 radical (unpaired) electrons. The topological polar surface area (TPSA) is 53.2 Å². The van der Waals surface area contributed by atoms with Crippen LogP contribution >= 0.6 is 0 Å². The molecule has 108 valence electrons. The fraction of sp³-hybridized carbons (Fsp3) is 0.625. The van der Waals surface area contributed by atoms with E-state index in [0.29, 0.717) is 11.1 Å². The standard InChI is InChI=1S/C16H22N2O2/c19-14-7-5-6-13(17-14)15(20)18-11-10-16(12-18)8-3-1-2-4-9-16/h5-7H,1-4,8-12H2,(H,17,19). The second kappa shape index (κ2) is 5.43. The number of aromatic nitrogens is 1. The quantitative estimate of drug-likeness (QED) is 0.855. The Labute approximate surface area is 119 Å². The van der Waals surface area contributed by atoms with Crippen LogP contribution < -0.4 is 5.56 Å². The van der Waals surface area contributed by atoms with Crippen LogP contribution in [0.25, 0.3) is 0 Å². The van der Waals surface area contributed by atoms with Crippen molar-refractivity contribution in [2.45, 2.75) is 44.9 Å². The third-order valence-electron chi connectivity index (χ3n) is 4.89. The van der Waals surface area contributed by atoms with Gasteiger partial charge in [0.2, 0.25) is 5.56 Å². The van der Waals surface area contributed by atoms with Gasteiger partial charge in [-0.25, -0.2) is 0 Å². The van der Waals surface area contributed by atoms with Gasteiger partial charge in [-0.3, -0.25) is 9.59 Å². The zero-order valence-corrected chi connectivity index (χ0v) is 11.9. The number of aromatic amines is 1. The molecule has 4 heteroatoms. The van der Waals surface area contributed by atoms with Gasteiger partial charge in [0.25, 0.3) is 5.91 Å². The molecule has 3 rings (SSSR count). The van der Waals surface area contributed by atoms with Crippen LogP contribution in [0.15, 0.2) is 23.0 Å². The average Bonchev–Trinajstić information content (AvgIpc) is 2.72. The molecule has 20 heavy (non-hydrogen) atoms. The van der Waals surface area contributed by atoms with E-state index in [1.165, 1.54) is 44.6 Å². The molecule has 4 nitrogen and oxygen atoms in total. The van der Waals surface area contributed by atoms with E-state index in [1.54, 1.807) is 12.1 Å². The summed E-state index contributed by atoms with van der Waals surface area (Å²) in [6.45, 7) is 1.69. The van der Waals surface area contributed by atoms with E-state index in [4.69, 9.17) is 0 Å². The Balaban J connectivity index is 1.73. The molecule has 1 aromatic rings. The molecule has 1 saturated heterocycles. The smallest absolute Gasteiger partial charge is 0.270 e. The first kappa shape index (κ1) is 13.4. The highest BCUT2D eigenvalue weighted by Gasteiger charge is 2.39. The first-order valence-corrected chi connectivity index (χ1v) is 7.67. The second-order valence-corrected chi connectivity index (χ2v) is 6.32. The maximum Gasteiger partial charge on any atom is 0.270 e. The Hall–Kier alpha value is -1.58. The van der Waals surface area contributed by atoms with Crippen molar-refractivity contribution in [1.82, 2.24) is 9.88 Å². The first-order valence-electron chi connectivity index (χ1n) is 7.67. The molecule has 1 aliphatic carbocycles. The average molecular weight is 274 g/mol. The summed E-state index contributed by atoms with van der Waals surface area (Å²) in [5.41, 5.74) is 0.559. The second-order valence-electron chi connectivity index (χ2n) is 6.32. The monoisotopic (exact) mass is 274 g/mol. The van der Waals surface area contributed by atoms with Gasteiger partial charge in [0.15, 0.2) is 0 Å². The van der Waals surface area contributed by atoms with Crippen LogP contribution in [0.5, 0.6) is 0 Å². The Kier molecular flexibility index (Phi) is 3.64. The summed E-state index contributed by atoms with van der Waals surface area (Å²) in [6.07, 6.45) is 8.89. The van der Waals surface area contributed by atoms with E-state index in [0.717, 1.165) is 19.5 Å². The minimum Gasteiger partial charge on any atom is -0.337 e. The third-order valence-corrected chi connectivity index (χ3v) is 4.89. The van der Waals surface area contributed by atoms with Crippen LogP contribution in [-0.2, 0) is 0 Å². The van der Waals surface area contributed by atoms with E-state index in [9.17, 15) is 9.59 Å². The number of amides is 1. The normalized spacial score (nSPS) is 21.9. The molecule has 0 atom stereocenters. The molecule has 1 spiro atoms. The molecule has 0 unspecified atom stereocenters. The van der Waals surface area contributed by atoms with Crippen LogP contribution in [0.1, 0.15) is 55.4 Å². The Morgan fingerprint density at radius 1 is 1.10 bits per heavy atom. The van der Waals surface area contributed by atoms with Crippen molar-refractivity contribution in [2.24, 2.45) is 5.41 Å². The first-order chi connectivity index (χ1) is 9.69. The zero-order valence-electron chi connectivity index (χ0n) is 11.9. The maximum atomic E-state index is 12.5. The number of nitrogens with one attached hydrogen (secondary N) is 1. The SMILES string of the molecule is O=C(c1cccc(=O)[nH]1)N1CCC2(CCCCCC2)C1. The molecule has 2 fully saturated rings. The lowest BCUT2D eigenvalue weighted by Crippen LogP contribution is -2.33. The van der Waals surface area contributed by atoms with Gasteiger partial charge in [0.05, 0.1) is 0 Å². The maximum absolute atomic E-state index is 12.5. The number of H-pyrrole nitrogens is 1. The van der Waals surface area contributed by atoms with Gasteiger partial charge in [-0.1, -0.05) is 31.7 Å². The van der Waals surface area contributed by atoms with Gasteiger partial charge in [0.1, 0.15) is 5.69 Å². The summed E-state index contributed by atoms with van der Waals surface area (Å²) in [5.74, 6) is -0.0242. The van der Waals surface area contributed by atoms with Crippen molar-refractivity contribution in [2.75, 3.05) is 13.1 Å². The number of carbonyl (C=O) groups is 1. The number of likely N-dealkylation sites (tertiary alicyclic amines) is 1. The largest absolute Gasteiger partial charge is 0.337 e.